The molecule has 0 aromatic carbocycles. The van der Waals surface area contributed by atoms with E-state index < -0.39 is 0 Å². The van der Waals surface area contributed by atoms with Crippen LogP contribution in [0, 0.1) is 20.8 Å². The standard InChI is InChI=1S/C10H12N4.C2H6/c1-7-4-10(13-6-12-7)14-8(2)5-11-9(14)3;1-2/h4-6H,1-3H3;1-2H3. The fourth-order valence-electron chi connectivity index (χ4n) is 1.47. The Kier molecular flexibility index (Phi) is 4.17. The molecule has 0 aliphatic rings. The molecule has 2 heterocycles. The Hall–Kier alpha value is -1.71. The summed E-state index contributed by atoms with van der Waals surface area (Å²) in [4.78, 5) is 12.5. The minimum atomic E-state index is 0.880. The van der Waals surface area contributed by atoms with Gasteiger partial charge in [0, 0.05) is 23.7 Å². The fraction of sp³-hybridized carbons (Fsp3) is 0.417. The van der Waals surface area contributed by atoms with Gasteiger partial charge in [0.15, 0.2) is 0 Å². The van der Waals surface area contributed by atoms with Crippen molar-refractivity contribution in [2.45, 2.75) is 34.6 Å². The van der Waals surface area contributed by atoms with Gasteiger partial charge in [0.05, 0.1) is 0 Å². The lowest BCUT2D eigenvalue weighted by atomic mass is 10.4. The molecule has 0 atom stereocenters. The van der Waals surface area contributed by atoms with E-state index in [0.29, 0.717) is 0 Å². The average molecular weight is 218 g/mol. The molecule has 0 fully saturated rings. The molecule has 16 heavy (non-hydrogen) atoms. The largest absolute Gasteiger partial charge is 0.285 e. The molecule has 0 aliphatic carbocycles. The highest BCUT2D eigenvalue weighted by atomic mass is 15.1. The maximum atomic E-state index is 4.22. The van der Waals surface area contributed by atoms with Crippen LogP contribution in [0.5, 0.6) is 0 Å². The Morgan fingerprint density at radius 1 is 1.00 bits per heavy atom. The topological polar surface area (TPSA) is 43.6 Å². The van der Waals surface area contributed by atoms with E-state index in [1.54, 1.807) is 6.33 Å². The lowest BCUT2D eigenvalue weighted by molar-refractivity contribution is 0.886. The van der Waals surface area contributed by atoms with Crippen molar-refractivity contribution >= 4 is 0 Å². The van der Waals surface area contributed by atoms with E-state index in [9.17, 15) is 0 Å². The third-order valence-electron chi connectivity index (χ3n) is 2.13. The van der Waals surface area contributed by atoms with Gasteiger partial charge in [-0.1, -0.05) is 13.8 Å². The summed E-state index contributed by atoms with van der Waals surface area (Å²) in [7, 11) is 0. The molecule has 0 amide bonds. The first-order chi connectivity index (χ1) is 7.68. The van der Waals surface area contributed by atoms with Crippen LogP contribution in [0.2, 0.25) is 0 Å². The molecule has 0 spiro atoms. The van der Waals surface area contributed by atoms with Crippen molar-refractivity contribution < 1.29 is 0 Å². The highest BCUT2D eigenvalue weighted by molar-refractivity contribution is 5.28. The quantitative estimate of drug-likeness (QED) is 0.739. The van der Waals surface area contributed by atoms with Gasteiger partial charge in [-0.15, -0.1) is 0 Å². The molecule has 0 saturated heterocycles. The molecule has 2 aromatic heterocycles. The summed E-state index contributed by atoms with van der Waals surface area (Å²) in [6.45, 7) is 9.93. The second-order valence-electron chi connectivity index (χ2n) is 3.30. The summed E-state index contributed by atoms with van der Waals surface area (Å²) in [5, 5.41) is 0. The van der Waals surface area contributed by atoms with Crippen molar-refractivity contribution in [2.24, 2.45) is 0 Å². The number of rotatable bonds is 1. The maximum absolute atomic E-state index is 4.22. The number of imidazole rings is 1. The lowest BCUT2D eigenvalue weighted by Crippen LogP contribution is -2.02. The highest BCUT2D eigenvalue weighted by Gasteiger charge is 2.05. The molecule has 0 bridgehead atoms. The van der Waals surface area contributed by atoms with Crippen LogP contribution in [0.4, 0.5) is 0 Å². The second kappa shape index (κ2) is 5.39. The van der Waals surface area contributed by atoms with Crippen molar-refractivity contribution in [3.05, 3.63) is 35.8 Å². The SMILES string of the molecule is CC.Cc1cc(-n2c(C)cnc2C)ncn1. The summed E-state index contributed by atoms with van der Waals surface area (Å²) in [6.07, 6.45) is 3.41. The monoisotopic (exact) mass is 218 g/mol. The molecular weight excluding hydrogens is 200 g/mol. The molecule has 4 nitrogen and oxygen atoms in total. The summed E-state index contributed by atoms with van der Waals surface area (Å²) >= 11 is 0. The Balaban J connectivity index is 0.000000606. The fourth-order valence-corrected chi connectivity index (χ4v) is 1.47. The third kappa shape index (κ3) is 2.45. The first kappa shape index (κ1) is 12.4. The maximum Gasteiger partial charge on any atom is 0.141 e. The normalized spacial score (nSPS) is 9.56. The average Bonchev–Trinajstić information content (AvgIpc) is 2.61. The van der Waals surface area contributed by atoms with Crippen molar-refractivity contribution in [1.82, 2.24) is 19.5 Å². The van der Waals surface area contributed by atoms with Crippen LogP contribution >= 0.6 is 0 Å². The summed E-state index contributed by atoms with van der Waals surface area (Å²) < 4.78 is 2.01. The van der Waals surface area contributed by atoms with Crippen molar-refractivity contribution in [3.8, 4) is 5.82 Å². The van der Waals surface area contributed by atoms with Gasteiger partial charge < -0.3 is 0 Å². The molecule has 86 valence electrons. The van der Waals surface area contributed by atoms with Crippen LogP contribution in [0.25, 0.3) is 5.82 Å². The number of aryl methyl sites for hydroxylation is 3. The highest BCUT2D eigenvalue weighted by Crippen LogP contribution is 2.11. The van der Waals surface area contributed by atoms with Gasteiger partial charge in [-0.05, 0) is 20.8 Å². The Bertz CT molecular complexity index is 440. The van der Waals surface area contributed by atoms with Crippen molar-refractivity contribution in [3.63, 3.8) is 0 Å². The zero-order valence-corrected chi connectivity index (χ0v) is 10.5. The van der Waals surface area contributed by atoms with Gasteiger partial charge >= 0.3 is 0 Å². The Labute approximate surface area is 96.4 Å². The van der Waals surface area contributed by atoms with Crippen molar-refractivity contribution in [1.29, 1.82) is 0 Å². The minimum Gasteiger partial charge on any atom is -0.285 e. The van der Waals surface area contributed by atoms with Gasteiger partial charge in [-0.25, -0.2) is 15.0 Å². The summed E-state index contributed by atoms with van der Waals surface area (Å²) in [5.74, 6) is 1.82. The van der Waals surface area contributed by atoms with E-state index in [2.05, 4.69) is 15.0 Å². The van der Waals surface area contributed by atoms with Crippen LogP contribution < -0.4 is 0 Å². The third-order valence-corrected chi connectivity index (χ3v) is 2.13. The van der Waals surface area contributed by atoms with Gasteiger partial charge in [0.2, 0.25) is 0 Å². The summed E-state index contributed by atoms with van der Waals surface area (Å²) in [6, 6.07) is 1.95. The van der Waals surface area contributed by atoms with E-state index in [1.165, 1.54) is 0 Å². The first-order valence-electron chi connectivity index (χ1n) is 5.48. The molecule has 0 N–H and O–H groups in total. The predicted molar refractivity (Wildman–Crippen MR) is 64.7 cm³/mol. The van der Waals surface area contributed by atoms with Gasteiger partial charge in [0.1, 0.15) is 18.0 Å². The number of hydrogen-bond acceptors (Lipinski definition) is 3. The molecule has 2 rings (SSSR count). The second-order valence-corrected chi connectivity index (χ2v) is 3.30. The molecule has 0 unspecified atom stereocenters. The molecule has 0 saturated carbocycles. The molecule has 4 heteroatoms. The van der Waals surface area contributed by atoms with E-state index in [1.807, 2.05) is 51.4 Å². The van der Waals surface area contributed by atoms with E-state index in [4.69, 9.17) is 0 Å². The molecule has 0 radical (unpaired) electrons. The van der Waals surface area contributed by atoms with E-state index in [-0.39, 0.29) is 0 Å². The van der Waals surface area contributed by atoms with Crippen LogP contribution in [0.15, 0.2) is 18.6 Å². The van der Waals surface area contributed by atoms with Crippen LogP contribution in [-0.2, 0) is 0 Å². The minimum absolute atomic E-state index is 0.880. The predicted octanol–water partition coefficient (Wildman–Crippen LogP) is 2.61. The number of aromatic nitrogens is 4. The van der Waals surface area contributed by atoms with Crippen LogP contribution in [0.1, 0.15) is 31.1 Å². The zero-order chi connectivity index (χ0) is 12.1. The summed E-state index contributed by atoms with van der Waals surface area (Å²) in [5.41, 5.74) is 2.04. The molecular formula is C12H18N4. The van der Waals surface area contributed by atoms with Gasteiger partial charge in [0.25, 0.3) is 0 Å². The molecule has 0 aliphatic heterocycles. The van der Waals surface area contributed by atoms with E-state index >= 15 is 0 Å². The van der Waals surface area contributed by atoms with Gasteiger partial charge in [-0.3, -0.25) is 4.57 Å². The van der Waals surface area contributed by atoms with Crippen molar-refractivity contribution in [2.75, 3.05) is 0 Å². The zero-order valence-electron chi connectivity index (χ0n) is 10.5. The van der Waals surface area contributed by atoms with Crippen LogP contribution in [0.3, 0.4) is 0 Å². The van der Waals surface area contributed by atoms with Crippen LogP contribution in [-0.4, -0.2) is 19.5 Å². The number of nitrogens with zero attached hydrogens (tertiary/aromatic N) is 4. The number of hydrogen-bond donors (Lipinski definition) is 0. The first-order valence-corrected chi connectivity index (χ1v) is 5.48. The smallest absolute Gasteiger partial charge is 0.141 e. The molecule has 2 aromatic rings. The Morgan fingerprint density at radius 3 is 2.19 bits per heavy atom. The van der Waals surface area contributed by atoms with Gasteiger partial charge in [-0.2, -0.15) is 0 Å². The Morgan fingerprint density at radius 2 is 1.69 bits per heavy atom. The van der Waals surface area contributed by atoms with E-state index in [0.717, 1.165) is 23.0 Å². The lowest BCUT2D eigenvalue weighted by Gasteiger charge is -2.06.